The Hall–Kier alpha value is -2.35. The van der Waals surface area contributed by atoms with E-state index >= 15 is 0 Å². The highest BCUT2D eigenvalue weighted by molar-refractivity contribution is 7.97. The number of hydrogen-bond acceptors (Lipinski definition) is 7. The van der Waals surface area contributed by atoms with Crippen LogP contribution in [0.2, 0.25) is 0 Å². The largest absolute Gasteiger partial charge is 0.497 e. The number of thioether (sulfide) groups is 1. The first-order valence-electron chi connectivity index (χ1n) is 8.50. The van der Waals surface area contributed by atoms with Crippen molar-refractivity contribution in [1.29, 1.82) is 0 Å². The third kappa shape index (κ3) is 6.37. The van der Waals surface area contributed by atoms with Crippen molar-refractivity contribution in [2.75, 3.05) is 25.5 Å². The molecule has 3 aromatic carbocycles. The van der Waals surface area contributed by atoms with Crippen molar-refractivity contribution in [2.24, 2.45) is 0 Å². The van der Waals surface area contributed by atoms with Crippen LogP contribution < -0.4 is 15.0 Å². The van der Waals surface area contributed by atoms with Crippen LogP contribution in [0.15, 0.2) is 60.7 Å². The number of carbonyl (C=O) groups excluding carboxylic acids is 1. The summed E-state index contributed by atoms with van der Waals surface area (Å²) in [6.07, 6.45) is 2.82. The normalized spacial score (nSPS) is 9.96. The number of fused-ring (bicyclic) bond motifs is 1. The summed E-state index contributed by atoms with van der Waals surface area (Å²) in [7, 11) is 1.69. The molecule has 1 N–H and O–H groups in total. The molecule has 0 aliphatic carbocycles. The Morgan fingerprint density at radius 1 is 1.07 bits per heavy atom. The standard InChI is InChI=1S/C12H11NO3S.C9H12OS/c14-7-8-15-12-6-2-3-9-10(12)4-1-5-11(9)13-16-17;1-10-9-5-3-4-8(6-9)7-11-2/h1-7,13,17H,8H2;3-6H,7H2,1-2H3. The Labute approximate surface area is 174 Å². The SMILES string of the molecule is COc1cccc(CSC)c1.O=CCOc1cccc2c(NOS)cccc12. The molecule has 148 valence electrons. The van der Waals surface area contributed by atoms with Crippen molar-refractivity contribution in [2.45, 2.75) is 5.75 Å². The first-order chi connectivity index (χ1) is 13.7. The second kappa shape index (κ2) is 12.2. The van der Waals surface area contributed by atoms with Crippen LogP contribution in [-0.2, 0) is 14.8 Å². The Kier molecular flexibility index (Phi) is 9.54. The first-order valence-corrected chi connectivity index (χ1v) is 10.3. The molecule has 0 atom stereocenters. The quantitative estimate of drug-likeness (QED) is 0.228. The number of aldehydes is 1. The van der Waals surface area contributed by atoms with Crippen LogP contribution in [0.25, 0.3) is 10.8 Å². The molecule has 0 bridgehead atoms. The van der Waals surface area contributed by atoms with E-state index < -0.39 is 0 Å². The number of thiol groups is 1. The fraction of sp³-hybridized carbons (Fsp3) is 0.190. The van der Waals surface area contributed by atoms with Gasteiger partial charge in [0.15, 0.2) is 6.29 Å². The number of carbonyl (C=O) groups is 1. The van der Waals surface area contributed by atoms with Gasteiger partial charge < -0.3 is 9.47 Å². The minimum atomic E-state index is 0.0415. The summed E-state index contributed by atoms with van der Waals surface area (Å²) in [5.74, 6) is 2.66. The van der Waals surface area contributed by atoms with Gasteiger partial charge in [0.1, 0.15) is 18.1 Å². The van der Waals surface area contributed by atoms with Crippen LogP contribution in [0.1, 0.15) is 5.56 Å². The molecule has 28 heavy (non-hydrogen) atoms. The van der Waals surface area contributed by atoms with Gasteiger partial charge in [-0.3, -0.25) is 10.3 Å². The molecule has 0 radical (unpaired) electrons. The van der Waals surface area contributed by atoms with E-state index in [1.165, 1.54) is 5.56 Å². The van der Waals surface area contributed by atoms with Crippen molar-refractivity contribution in [3.63, 3.8) is 0 Å². The number of benzene rings is 3. The molecule has 5 nitrogen and oxygen atoms in total. The molecule has 0 fully saturated rings. The fourth-order valence-electron chi connectivity index (χ4n) is 2.60. The van der Waals surface area contributed by atoms with Crippen LogP contribution in [-0.4, -0.2) is 26.3 Å². The van der Waals surface area contributed by atoms with Crippen LogP contribution in [0, 0.1) is 0 Å². The van der Waals surface area contributed by atoms with Gasteiger partial charge in [0.05, 0.1) is 12.8 Å². The van der Waals surface area contributed by atoms with Gasteiger partial charge >= 0.3 is 0 Å². The van der Waals surface area contributed by atoms with E-state index in [0.717, 1.165) is 34.2 Å². The zero-order chi connectivity index (χ0) is 20.2. The molecule has 7 heteroatoms. The van der Waals surface area contributed by atoms with Gasteiger partial charge in [0, 0.05) is 29.4 Å². The minimum absolute atomic E-state index is 0.0415. The average molecular weight is 418 g/mol. The number of anilines is 1. The minimum Gasteiger partial charge on any atom is -0.497 e. The average Bonchev–Trinajstić information content (AvgIpc) is 2.73. The highest BCUT2D eigenvalue weighted by atomic mass is 32.2. The zero-order valence-electron chi connectivity index (χ0n) is 15.8. The molecule has 0 spiro atoms. The van der Waals surface area contributed by atoms with E-state index in [2.05, 4.69) is 41.1 Å². The second-order valence-corrected chi connectivity index (χ2v) is 6.66. The molecule has 3 aromatic rings. The summed E-state index contributed by atoms with van der Waals surface area (Å²) in [6.45, 7) is 0.0415. The van der Waals surface area contributed by atoms with Gasteiger partial charge in [-0.05, 0) is 36.1 Å². The monoisotopic (exact) mass is 417 g/mol. The first kappa shape index (κ1) is 21.9. The Balaban J connectivity index is 0.000000221. The summed E-state index contributed by atoms with van der Waals surface area (Å²) < 4.78 is 15.0. The second-order valence-electron chi connectivity index (χ2n) is 5.61. The highest BCUT2D eigenvalue weighted by Crippen LogP contribution is 2.30. The molecule has 0 aliphatic rings. The third-order valence-electron chi connectivity index (χ3n) is 3.79. The molecule has 3 rings (SSSR count). The van der Waals surface area contributed by atoms with Crippen molar-refractivity contribution in [3.8, 4) is 11.5 Å². The molecule has 0 aromatic heterocycles. The number of rotatable bonds is 8. The number of ether oxygens (including phenoxy) is 2. The maximum Gasteiger partial charge on any atom is 0.157 e. The van der Waals surface area contributed by atoms with Gasteiger partial charge in [0.25, 0.3) is 0 Å². The van der Waals surface area contributed by atoms with E-state index in [1.54, 1.807) is 7.11 Å². The number of hydrogen-bond donors (Lipinski definition) is 2. The van der Waals surface area contributed by atoms with Gasteiger partial charge in [0.2, 0.25) is 0 Å². The number of methoxy groups -OCH3 is 1. The van der Waals surface area contributed by atoms with Crippen LogP contribution in [0.5, 0.6) is 11.5 Å². The van der Waals surface area contributed by atoms with Crippen LogP contribution >= 0.6 is 24.7 Å². The maximum absolute atomic E-state index is 10.3. The lowest BCUT2D eigenvalue weighted by atomic mass is 10.1. The van der Waals surface area contributed by atoms with Gasteiger partial charge in [-0.1, -0.05) is 36.4 Å². The summed E-state index contributed by atoms with van der Waals surface area (Å²) >= 11 is 5.47. The molecule has 0 saturated heterocycles. The predicted octanol–water partition coefficient (Wildman–Crippen LogP) is 5.16. The van der Waals surface area contributed by atoms with Gasteiger partial charge in [-0.2, -0.15) is 11.8 Å². The highest BCUT2D eigenvalue weighted by Gasteiger charge is 2.05. The lowest BCUT2D eigenvalue weighted by molar-refractivity contribution is -0.109. The predicted molar refractivity (Wildman–Crippen MR) is 119 cm³/mol. The van der Waals surface area contributed by atoms with E-state index in [-0.39, 0.29) is 6.61 Å². The van der Waals surface area contributed by atoms with E-state index in [1.807, 2.05) is 60.3 Å². The van der Waals surface area contributed by atoms with Crippen molar-refractivity contribution >= 4 is 47.4 Å². The van der Waals surface area contributed by atoms with Crippen LogP contribution in [0.3, 0.4) is 0 Å². The lowest BCUT2D eigenvalue weighted by Gasteiger charge is -2.10. The van der Waals surface area contributed by atoms with Crippen LogP contribution in [0.4, 0.5) is 5.69 Å². The Morgan fingerprint density at radius 3 is 2.54 bits per heavy atom. The van der Waals surface area contributed by atoms with E-state index in [9.17, 15) is 4.79 Å². The van der Waals surface area contributed by atoms with Gasteiger partial charge in [-0.15, -0.1) is 0 Å². The molecular formula is C21H23NO4S2. The van der Waals surface area contributed by atoms with E-state index in [0.29, 0.717) is 5.75 Å². The summed E-state index contributed by atoms with van der Waals surface area (Å²) in [5.41, 5.74) is 4.78. The van der Waals surface area contributed by atoms with E-state index in [4.69, 9.17) is 9.47 Å². The van der Waals surface area contributed by atoms with Crippen molar-refractivity contribution in [1.82, 2.24) is 0 Å². The fourth-order valence-corrected chi connectivity index (χ4v) is 3.21. The number of nitrogens with one attached hydrogen (secondary N) is 1. The summed E-state index contributed by atoms with van der Waals surface area (Å²) in [5, 5.41) is 1.84. The molecule has 0 aliphatic heterocycles. The third-order valence-corrected chi connectivity index (χ3v) is 4.50. The topological polar surface area (TPSA) is 56.8 Å². The molecule has 0 unspecified atom stereocenters. The molecular weight excluding hydrogens is 394 g/mol. The maximum atomic E-state index is 10.3. The Bertz CT molecular complexity index is 889. The lowest BCUT2D eigenvalue weighted by Crippen LogP contribution is -1.99. The summed E-state index contributed by atoms with van der Waals surface area (Å²) in [6, 6.07) is 19.4. The van der Waals surface area contributed by atoms with Gasteiger partial charge in [-0.25, -0.2) is 4.28 Å². The molecule has 0 amide bonds. The zero-order valence-corrected chi connectivity index (χ0v) is 17.5. The smallest absolute Gasteiger partial charge is 0.157 e. The Morgan fingerprint density at radius 2 is 1.82 bits per heavy atom. The van der Waals surface area contributed by atoms with Crippen molar-refractivity contribution < 1.29 is 18.6 Å². The molecule has 0 saturated carbocycles. The summed E-state index contributed by atoms with van der Waals surface area (Å²) in [4.78, 5) is 10.3. The molecule has 0 heterocycles. The van der Waals surface area contributed by atoms with Crippen molar-refractivity contribution in [3.05, 3.63) is 66.2 Å².